The van der Waals surface area contributed by atoms with Crippen LogP contribution in [0.4, 0.5) is 5.69 Å². The molecule has 26 heavy (non-hydrogen) atoms. The number of benzene rings is 2. The van der Waals surface area contributed by atoms with Crippen LogP contribution in [0.1, 0.15) is 21.5 Å². The summed E-state index contributed by atoms with van der Waals surface area (Å²) in [5.41, 5.74) is 5.40. The van der Waals surface area contributed by atoms with Crippen molar-refractivity contribution in [3.05, 3.63) is 71.4 Å². The molecule has 1 saturated heterocycles. The lowest BCUT2D eigenvalue weighted by Gasteiger charge is -2.37. The van der Waals surface area contributed by atoms with Gasteiger partial charge in [0, 0.05) is 43.4 Å². The second-order valence-corrected chi connectivity index (χ2v) is 6.88. The van der Waals surface area contributed by atoms with Crippen molar-refractivity contribution in [2.75, 3.05) is 31.1 Å². The van der Waals surface area contributed by atoms with Crippen LogP contribution in [0.2, 0.25) is 0 Å². The van der Waals surface area contributed by atoms with Gasteiger partial charge < -0.3 is 9.80 Å². The number of para-hydroxylation sites is 1. The van der Waals surface area contributed by atoms with E-state index in [1.807, 2.05) is 35.2 Å². The molecule has 2 heterocycles. The molecule has 2 aromatic carbocycles. The Morgan fingerprint density at radius 2 is 1.65 bits per heavy atom. The van der Waals surface area contributed by atoms with E-state index >= 15 is 0 Å². The topological polar surface area (TPSA) is 36.4 Å². The summed E-state index contributed by atoms with van der Waals surface area (Å²) in [4.78, 5) is 21.8. The molecular formula is C22H23N3O. The maximum atomic E-state index is 13.0. The largest absolute Gasteiger partial charge is 0.368 e. The first-order valence-electron chi connectivity index (χ1n) is 9.09. The summed E-state index contributed by atoms with van der Waals surface area (Å²) in [6.45, 7) is 7.49. The highest BCUT2D eigenvalue weighted by atomic mass is 16.2. The number of carbonyl (C=O) groups excluding carboxylic acids is 1. The molecule has 1 amide bonds. The second-order valence-electron chi connectivity index (χ2n) is 6.88. The van der Waals surface area contributed by atoms with Crippen molar-refractivity contribution in [2.24, 2.45) is 0 Å². The van der Waals surface area contributed by atoms with Gasteiger partial charge in [-0.3, -0.25) is 9.78 Å². The lowest BCUT2D eigenvalue weighted by molar-refractivity contribution is 0.0748. The van der Waals surface area contributed by atoms with Crippen molar-refractivity contribution in [2.45, 2.75) is 13.8 Å². The molecule has 132 valence electrons. The minimum absolute atomic E-state index is 0.0786. The minimum atomic E-state index is 0.0786. The average Bonchev–Trinajstić information content (AvgIpc) is 2.69. The van der Waals surface area contributed by atoms with Crippen molar-refractivity contribution in [1.29, 1.82) is 0 Å². The fourth-order valence-electron chi connectivity index (χ4n) is 3.68. The van der Waals surface area contributed by atoms with Gasteiger partial charge in [0.2, 0.25) is 0 Å². The average molecular weight is 345 g/mol. The molecule has 0 aliphatic carbocycles. The number of piperazine rings is 1. The van der Waals surface area contributed by atoms with Gasteiger partial charge in [0.15, 0.2) is 0 Å². The number of pyridine rings is 1. The molecule has 4 rings (SSSR count). The Kier molecular flexibility index (Phi) is 4.33. The van der Waals surface area contributed by atoms with Crippen molar-refractivity contribution in [3.63, 3.8) is 0 Å². The Bertz CT molecular complexity index is 953. The number of amides is 1. The summed E-state index contributed by atoms with van der Waals surface area (Å²) in [5.74, 6) is 0.0786. The Morgan fingerprint density at radius 3 is 2.46 bits per heavy atom. The number of aromatic nitrogens is 1. The fourth-order valence-corrected chi connectivity index (χ4v) is 3.68. The van der Waals surface area contributed by atoms with E-state index in [1.165, 1.54) is 16.8 Å². The van der Waals surface area contributed by atoms with E-state index in [1.54, 1.807) is 6.20 Å². The molecule has 0 bridgehead atoms. The zero-order valence-electron chi connectivity index (χ0n) is 15.3. The van der Waals surface area contributed by atoms with Crippen LogP contribution >= 0.6 is 0 Å². The first kappa shape index (κ1) is 16.6. The summed E-state index contributed by atoms with van der Waals surface area (Å²) in [5, 5.41) is 1.01. The number of fused-ring (bicyclic) bond motifs is 1. The second kappa shape index (κ2) is 6.79. The van der Waals surface area contributed by atoms with E-state index in [9.17, 15) is 4.79 Å². The predicted molar refractivity (Wildman–Crippen MR) is 106 cm³/mol. The first-order valence-corrected chi connectivity index (χ1v) is 9.09. The molecule has 0 unspecified atom stereocenters. The number of hydrogen-bond donors (Lipinski definition) is 0. The molecule has 3 aromatic rings. The van der Waals surface area contributed by atoms with E-state index in [2.05, 4.69) is 41.9 Å². The van der Waals surface area contributed by atoms with Crippen LogP contribution in [0.15, 0.2) is 54.7 Å². The number of anilines is 1. The molecule has 0 atom stereocenters. The molecule has 1 aliphatic heterocycles. The number of rotatable bonds is 2. The molecule has 0 N–H and O–H groups in total. The lowest BCUT2D eigenvalue weighted by Crippen LogP contribution is -2.49. The monoisotopic (exact) mass is 345 g/mol. The third-order valence-corrected chi connectivity index (χ3v) is 5.35. The third-order valence-electron chi connectivity index (χ3n) is 5.35. The van der Waals surface area contributed by atoms with Gasteiger partial charge in [-0.1, -0.05) is 30.3 Å². The molecule has 1 aromatic heterocycles. The summed E-state index contributed by atoms with van der Waals surface area (Å²) in [6, 6.07) is 16.1. The first-order chi connectivity index (χ1) is 12.6. The third kappa shape index (κ3) is 2.92. The van der Waals surface area contributed by atoms with Crippen molar-refractivity contribution >= 4 is 22.5 Å². The van der Waals surface area contributed by atoms with E-state index < -0.39 is 0 Å². The van der Waals surface area contributed by atoms with Gasteiger partial charge in [0.25, 0.3) is 5.91 Å². The smallest absolute Gasteiger partial charge is 0.256 e. The van der Waals surface area contributed by atoms with Crippen LogP contribution < -0.4 is 4.90 Å². The SMILES string of the molecule is Cc1cccc(N2CCN(C(=O)c3cccc4cccnc34)CC2)c1C. The van der Waals surface area contributed by atoms with E-state index in [4.69, 9.17) is 0 Å². The van der Waals surface area contributed by atoms with Gasteiger partial charge in [-0.25, -0.2) is 0 Å². The van der Waals surface area contributed by atoms with Crippen LogP contribution in [0.5, 0.6) is 0 Å². The predicted octanol–water partition coefficient (Wildman–Crippen LogP) is 3.81. The lowest BCUT2D eigenvalue weighted by atomic mass is 10.1. The van der Waals surface area contributed by atoms with Gasteiger partial charge in [-0.15, -0.1) is 0 Å². The summed E-state index contributed by atoms with van der Waals surface area (Å²) >= 11 is 0. The highest BCUT2D eigenvalue weighted by Crippen LogP contribution is 2.25. The van der Waals surface area contributed by atoms with E-state index in [0.29, 0.717) is 5.56 Å². The molecule has 4 heteroatoms. The highest BCUT2D eigenvalue weighted by Gasteiger charge is 2.24. The van der Waals surface area contributed by atoms with Crippen LogP contribution in [-0.4, -0.2) is 42.0 Å². The quantitative estimate of drug-likeness (QED) is 0.708. The van der Waals surface area contributed by atoms with Crippen molar-refractivity contribution < 1.29 is 4.79 Å². The van der Waals surface area contributed by atoms with E-state index in [-0.39, 0.29) is 5.91 Å². The van der Waals surface area contributed by atoms with Gasteiger partial charge in [0.1, 0.15) is 0 Å². The van der Waals surface area contributed by atoms with Crippen molar-refractivity contribution in [3.8, 4) is 0 Å². The van der Waals surface area contributed by atoms with Gasteiger partial charge in [-0.05, 0) is 43.2 Å². The Hall–Kier alpha value is -2.88. The molecule has 0 spiro atoms. The summed E-state index contributed by atoms with van der Waals surface area (Å²) < 4.78 is 0. The van der Waals surface area contributed by atoms with Crippen LogP contribution in [0.25, 0.3) is 10.9 Å². The molecule has 1 aliphatic rings. The maximum absolute atomic E-state index is 13.0. The Balaban J connectivity index is 1.53. The van der Waals surface area contributed by atoms with Crippen LogP contribution in [0.3, 0.4) is 0 Å². The Morgan fingerprint density at radius 1 is 0.923 bits per heavy atom. The summed E-state index contributed by atoms with van der Waals surface area (Å²) in [7, 11) is 0. The minimum Gasteiger partial charge on any atom is -0.368 e. The molecule has 4 nitrogen and oxygen atoms in total. The van der Waals surface area contributed by atoms with Gasteiger partial charge in [0.05, 0.1) is 11.1 Å². The number of carbonyl (C=O) groups is 1. The van der Waals surface area contributed by atoms with Crippen molar-refractivity contribution in [1.82, 2.24) is 9.88 Å². The normalized spacial score (nSPS) is 14.7. The van der Waals surface area contributed by atoms with Crippen LogP contribution in [0, 0.1) is 13.8 Å². The number of aryl methyl sites for hydroxylation is 1. The Labute approximate surface area is 154 Å². The van der Waals surface area contributed by atoms with Crippen LogP contribution in [-0.2, 0) is 0 Å². The van der Waals surface area contributed by atoms with Gasteiger partial charge >= 0.3 is 0 Å². The molecule has 0 radical (unpaired) electrons. The zero-order chi connectivity index (χ0) is 18.1. The number of hydrogen-bond acceptors (Lipinski definition) is 3. The molecule has 0 saturated carbocycles. The summed E-state index contributed by atoms with van der Waals surface area (Å²) in [6.07, 6.45) is 1.75. The zero-order valence-corrected chi connectivity index (χ0v) is 15.3. The standard InChI is InChI=1S/C22H23N3O/c1-16-6-3-10-20(17(16)2)24-12-14-25(15-13-24)22(26)19-9-4-7-18-8-5-11-23-21(18)19/h3-11H,12-15H2,1-2H3. The molecule has 1 fully saturated rings. The highest BCUT2D eigenvalue weighted by molar-refractivity contribution is 6.05. The molecular weight excluding hydrogens is 322 g/mol. The number of nitrogens with zero attached hydrogens (tertiary/aromatic N) is 3. The maximum Gasteiger partial charge on any atom is 0.256 e. The van der Waals surface area contributed by atoms with E-state index in [0.717, 1.165) is 37.1 Å². The van der Waals surface area contributed by atoms with Gasteiger partial charge in [-0.2, -0.15) is 0 Å². The fraction of sp³-hybridized carbons (Fsp3) is 0.273.